The molecule has 6 heteroatoms. The molecule has 2 heterocycles. The molecule has 1 aliphatic carbocycles. The SMILES string of the molecule is CCOC(=O)[C@H](C)CC(=O)C1=C(O)c2cccn2C2(CCCC2)C1=O. The first-order chi connectivity index (χ1) is 11.9. The Morgan fingerprint density at radius 1 is 1.36 bits per heavy atom. The molecule has 0 unspecified atom stereocenters. The number of carbonyl (C=O) groups excluding carboxylic acids is 3. The lowest BCUT2D eigenvalue weighted by Gasteiger charge is -2.36. The second-order valence-electron chi connectivity index (χ2n) is 6.84. The van der Waals surface area contributed by atoms with Crippen LogP contribution in [0.4, 0.5) is 0 Å². The Morgan fingerprint density at radius 3 is 2.68 bits per heavy atom. The highest BCUT2D eigenvalue weighted by atomic mass is 16.5. The number of nitrogens with zero attached hydrogens (tertiary/aromatic N) is 1. The number of ketones is 2. The summed E-state index contributed by atoms with van der Waals surface area (Å²) < 4.78 is 6.73. The van der Waals surface area contributed by atoms with E-state index >= 15 is 0 Å². The van der Waals surface area contributed by atoms with E-state index in [0.717, 1.165) is 12.8 Å². The Morgan fingerprint density at radius 2 is 2.04 bits per heavy atom. The van der Waals surface area contributed by atoms with Crippen LogP contribution in [0.2, 0.25) is 0 Å². The van der Waals surface area contributed by atoms with Crippen LogP contribution in [0.3, 0.4) is 0 Å². The topological polar surface area (TPSA) is 85.6 Å². The summed E-state index contributed by atoms with van der Waals surface area (Å²) in [5, 5.41) is 10.6. The van der Waals surface area contributed by atoms with Crippen LogP contribution >= 0.6 is 0 Å². The Balaban J connectivity index is 1.95. The maximum absolute atomic E-state index is 13.2. The van der Waals surface area contributed by atoms with Crippen LogP contribution in [-0.2, 0) is 24.7 Å². The van der Waals surface area contributed by atoms with Gasteiger partial charge in [0.25, 0.3) is 0 Å². The lowest BCUT2D eigenvalue weighted by molar-refractivity contribution is -0.148. The number of carbonyl (C=O) groups is 3. The molecule has 6 nitrogen and oxygen atoms in total. The molecule has 1 spiro atoms. The monoisotopic (exact) mass is 345 g/mol. The third-order valence-electron chi connectivity index (χ3n) is 5.23. The molecule has 3 rings (SSSR count). The van der Waals surface area contributed by atoms with Crippen molar-refractivity contribution in [3.8, 4) is 0 Å². The zero-order chi connectivity index (χ0) is 18.2. The van der Waals surface area contributed by atoms with E-state index < -0.39 is 23.2 Å². The third-order valence-corrected chi connectivity index (χ3v) is 5.23. The van der Waals surface area contributed by atoms with Crippen LogP contribution in [-0.4, -0.2) is 33.8 Å². The van der Waals surface area contributed by atoms with Crippen LogP contribution in [0.1, 0.15) is 51.6 Å². The van der Waals surface area contributed by atoms with Crippen molar-refractivity contribution in [3.05, 3.63) is 29.6 Å². The lowest BCUT2D eigenvalue weighted by atomic mass is 9.80. The summed E-state index contributed by atoms with van der Waals surface area (Å²) in [7, 11) is 0. The summed E-state index contributed by atoms with van der Waals surface area (Å²) in [5.41, 5.74) is -0.443. The minimum atomic E-state index is -0.775. The average Bonchev–Trinajstić information content (AvgIpc) is 3.24. The van der Waals surface area contributed by atoms with E-state index in [1.165, 1.54) is 0 Å². The number of aromatic nitrogens is 1. The molecule has 0 bridgehead atoms. The van der Waals surface area contributed by atoms with Crippen molar-refractivity contribution < 1.29 is 24.2 Å². The molecule has 1 N–H and O–H groups in total. The molecule has 134 valence electrons. The van der Waals surface area contributed by atoms with Gasteiger partial charge in [0.05, 0.1) is 18.2 Å². The van der Waals surface area contributed by atoms with Gasteiger partial charge in [-0.2, -0.15) is 0 Å². The molecule has 0 radical (unpaired) electrons. The molecule has 1 aromatic rings. The van der Waals surface area contributed by atoms with Gasteiger partial charge in [-0.3, -0.25) is 14.4 Å². The first-order valence-electron chi connectivity index (χ1n) is 8.78. The maximum Gasteiger partial charge on any atom is 0.309 e. The van der Waals surface area contributed by atoms with E-state index in [0.29, 0.717) is 18.5 Å². The Bertz CT molecular complexity index is 752. The zero-order valence-electron chi connectivity index (χ0n) is 14.6. The van der Waals surface area contributed by atoms with Gasteiger partial charge in [0, 0.05) is 12.6 Å². The van der Waals surface area contributed by atoms with E-state index in [2.05, 4.69) is 0 Å². The highest BCUT2D eigenvalue weighted by Crippen LogP contribution is 2.45. The quantitative estimate of drug-likeness (QED) is 0.655. The first-order valence-corrected chi connectivity index (χ1v) is 8.78. The highest BCUT2D eigenvalue weighted by Gasteiger charge is 2.50. The van der Waals surface area contributed by atoms with Gasteiger partial charge in [-0.25, -0.2) is 0 Å². The molecular formula is C19H23NO5. The summed E-state index contributed by atoms with van der Waals surface area (Å²) in [6.07, 6.45) is 4.77. The number of esters is 1. The van der Waals surface area contributed by atoms with Crippen molar-refractivity contribution in [2.75, 3.05) is 6.61 Å². The molecule has 1 atom stereocenters. The zero-order valence-corrected chi connectivity index (χ0v) is 14.6. The summed E-state index contributed by atoms with van der Waals surface area (Å²) in [5.74, 6) is -2.24. The van der Waals surface area contributed by atoms with E-state index in [4.69, 9.17) is 4.74 Å². The molecule has 0 amide bonds. The maximum atomic E-state index is 13.2. The summed E-state index contributed by atoms with van der Waals surface area (Å²) in [4.78, 5) is 37.7. The summed E-state index contributed by atoms with van der Waals surface area (Å²) >= 11 is 0. The fourth-order valence-electron chi connectivity index (χ4n) is 3.96. The Hall–Kier alpha value is -2.37. The largest absolute Gasteiger partial charge is 0.505 e. The number of aliphatic hydroxyl groups is 1. The number of hydrogen-bond donors (Lipinski definition) is 1. The standard InChI is InChI=1S/C19H23NO5/c1-3-25-18(24)12(2)11-14(21)15-16(22)13-7-6-10-20(13)19(17(15)23)8-4-5-9-19/h6-7,10,12,22H,3-5,8-9,11H2,1-2H3/t12-/m1/s1. The van der Waals surface area contributed by atoms with E-state index in [1.54, 1.807) is 32.2 Å². The van der Waals surface area contributed by atoms with Crippen LogP contribution in [0.15, 0.2) is 23.9 Å². The van der Waals surface area contributed by atoms with Crippen LogP contribution in [0, 0.1) is 5.92 Å². The van der Waals surface area contributed by atoms with Crippen LogP contribution in [0.5, 0.6) is 0 Å². The number of allylic oxidation sites excluding steroid dienone is 1. The third kappa shape index (κ3) is 2.69. The predicted octanol–water partition coefficient (Wildman–Crippen LogP) is 2.77. The molecule has 0 aromatic carbocycles. The normalized spacial score (nSPS) is 19.8. The number of fused-ring (bicyclic) bond motifs is 2. The van der Waals surface area contributed by atoms with E-state index in [1.807, 2.05) is 4.57 Å². The van der Waals surface area contributed by atoms with E-state index in [-0.39, 0.29) is 30.1 Å². The number of aliphatic hydroxyl groups excluding tert-OH is 1. The van der Waals surface area contributed by atoms with Crippen molar-refractivity contribution in [2.24, 2.45) is 5.92 Å². The molecule has 1 saturated carbocycles. The Labute approximate surface area is 146 Å². The molecule has 0 saturated heterocycles. The summed E-state index contributed by atoms with van der Waals surface area (Å²) in [6.45, 7) is 3.53. The van der Waals surface area contributed by atoms with E-state index in [9.17, 15) is 19.5 Å². The second-order valence-corrected chi connectivity index (χ2v) is 6.84. The smallest absolute Gasteiger partial charge is 0.309 e. The number of Topliss-reactive ketones (excluding diaryl/α,β-unsaturated/α-hetero) is 2. The molecule has 25 heavy (non-hydrogen) atoms. The molecule has 1 aliphatic heterocycles. The van der Waals surface area contributed by atoms with Crippen molar-refractivity contribution in [1.29, 1.82) is 0 Å². The molecule has 1 aromatic heterocycles. The molecular weight excluding hydrogens is 322 g/mol. The minimum Gasteiger partial charge on any atom is -0.505 e. The van der Waals surface area contributed by atoms with Gasteiger partial charge in [0.15, 0.2) is 17.3 Å². The molecule has 2 aliphatic rings. The average molecular weight is 345 g/mol. The highest BCUT2D eigenvalue weighted by molar-refractivity contribution is 6.27. The van der Waals surface area contributed by atoms with Crippen LogP contribution < -0.4 is 0 Å². The van der Waals surface area contributed by atoms with Crippen LogP contribution in [0.25, 0.3) is 5.76 Å². The summed E-state index contributed by atoms with van der Waals surface area (Å²) in [6, 6.07) is 3.48. The van der Waals surface area contributed by atoms with Crippen molar-refractivity contribution in [2.45, 2.75) is 51.5 Å². The van der Waals surface area contributed by atoms with Gasteiger partial charge in [-0.1, -0.05) is 19.8 Å². The van der Waals surface area contributed by atoms with Gasteiger partial charge in [0.1, 0.15) is 11.1 Å². The van der Waals surface area contributed by atoms with Gasteiger partial charge < -0.3 is 14.4 Å². The first kappa shape index (κ1) is 17.5. The predicted molar refractivity (Wildman–Crippen MR) is 90.9 cm³/mol. The van der Waals surface area contributed by atoms with Gasteiger partial charge >= 0.3 is 5.97 Å². The second kappa shape index (κ2) is 6.50. The Kier molecular flexibility index (Phi) is 4.54. The fourth-order valence-corrected chi connectivity index (χ4v) is 3.96. The number of rotatable bonds is 5. The van der Waals surface area contributed by atoms with Crippen molar-refractivity contribution in [3.63, 3.8) is 0 Å². The van der Waals surface area contributed by atoms with Crippen molar-refractivity contribution in [1.82, 2.24) is 4.57 Å². The van der Waals surface area contributed by atoms with Crippen molar-refractivity contribution >= 4 is 23.3 Å². The van der Waals surface area contributed by atoms with Gasteiger partial charge in [-0.15, -0.1) is 0 Å². The fraction of sp³-hybridized carbons (Fsp3) is 0.526. The minimum absolute atomic E-state index is 0.152. The molecule has 1 fully saturated rings. The number of hydrogen-bond acceptors (Lipinski definition) is 5. The number of ether oxygens (including phenoxy) is 1. The van der Waals surface area contributed by atoms with Gasteiger partial charge in [-0.05, 0) is 31.9 Å². The van der Waals surface area contributed by atoms with Gasteiger partial charge in [0.2, 0.25) is 0 Å². The lowest BCUT2D eigenvalue weighted by Crippen LogP contribution is -2.45.